The third-order valence-corrected chi connectivity index (χ3v) is 3.14. The fourth-order valence-electron chi connectivity index (χ4n) is 2.40. The van der Waals surface area contributed by atoms with Crippen molar-refractivity contribution < 1.29 is 24.6 Å². The van der Waals surface area contributed by atoms with Gasteiger partial charge in [-0.3, -0.25) is 14.4 Å². The molecule has 2 rings (SSSR count). The Kier molecular flexibility index (Phi) is 1.52. The minimum atomic E-state index is -1.66. The molecule has 3 unspecified atom stereocenters. The molecule has 2 aliphatic carbocycles. The third kappa shape index (κ3) is 0.859. The molecule has 0 radical (unpaired) electrons. The van der Waals surface area contributed by atoms with Gasteiger partial charge < -0.3 is 15.9 Å². The van der Waals surface area contributed by atoms with Crippen LogP contribution in [0.25, 0.3) is 0 Å². The highest BCUT2D eigenvalue weighted by Crippen LogP contribution is 2.59. The maximum atomic E-state index is 11.2. The fourth-order valence-corrected chi connectivity index (χ4v) is 2.40. The summed E-state index contributed by atoms with van der Waals surface area (Å²) in [5.41, 5.74) is 3.86. The van der Waals surface area contributed by atoms with Crippen LogP contribution in [0.5, 0.6) is 0 Å². The van der Waals surface area contributed by atoms with Crippen molar-refractivity contribution in [3.63, 3.8) is 0 Å². The number of carboxylic acid groups (broad SMARTS) is 2. The van der Waals surface area contributed by atoms with E-state index in [9.17, 15) is 14.4 Å². The number of nitrogens with two attached hydrogens (primary N) is 1. The van der Waals surface area contributed by atoms with Crippen LogP contribution < -0.4 is 5.73 Å². The molecule has 0 aliphatic heterocycles. The topological polar surface area (TPSA) is 118 Å². The number of hydrogen-bond acceptors (Lipinski definition) is 4. The standard InChI is InChI=1S/C8H9NO5/c9-8(7(13)14)1-2(10)3-4(5(3)8)6(11)12/h3-5H,1,9H2,(H,11,12)(H,13,14)/t3?,4?,5-,8?/m1/s1. The predicted molar refractivity (Wildman–Crippen MR) is 42.3 cm³/mol. The normalized spacial score (nSPS) is 44.6. The summed E-state index contributed by atoms with van der Waals surface area (Å²) < 4.78 is 0. The second kappa shape index (κ2) is 2.33. The Hall–Kier alpha value is -1.43. The molecule has 76 valence electrons. The number of carbonyl (C=O) groups is 3. The van der Waals surface area contributed by atoms with Gasteiger partial charge in [-0.2, -0.15) is 0 Å². The van der Waals surface area contributed by atoms with E-state index in [1.165, 1.54) is 0 Å². The zero-order chi connectivity index (χ0) is 10.7. The van der Waals surface area contributed by atoms with Gasteiger partial charge in [0, 0.05) is 18.3 Å². The SMILES string of the molecule is NC1(C(=O)O)CC(=O)C2C(C(=O)O)[C@@H]21. The van der Waals surface area contributed by atoms with Crippen LogP contribution in [0.3, 0.4) is 0 Å². The Bertz CT molecular complexity index is 348. The minimum absolute atomic E-state index is 0.249. The molecule has 6 heteroatoms. The molecule has 2 saturated carbocycles. The van der Waals surface area contributed by atoms with Gasteiger partial charge in [-0.25, -0.2) is 0 Å². The van der Waals surface area contributed by atoms with Crippen LogP contribution in [0.4, 0.5) is 0 Å². The van der Waals surface area contributed by atoms with E-state index in [-0.39, 0.29) is 12.2 Å². The number of carboxylic acids is 2. The quantitative estimate of drug-likeness (QED) is 0.508. The van der Waals surface area contributed by atoms with Crippen molar-refractivity contribution >= 4 is 17.7 Å². The van der Waals surface area contributed by atoms with Crippen LogP contribution in [0, 0.1) is 17.8 Å². The van der Waals surface area contributed by atoms with E-state index in [2.05, 4.69) is 0 Å². The first-order valence-corrected chi connectivity index (χ1v) is 4.17. The lowest BCUT2D eigenvalue weighted by molar-refractivity contribution is -0.146. The lowest BCUT2D eigenvalue weighted by Gasteiger charge is -2.19. The molecular formula is C8H9NO5. The van der Waals surface area contributed by atoms with E-state index in [0.29, 0.717) is 0 Å². The maximum absolute atomic E-state index is 11.2. The van der Waals surface area contributed by atoms with Gasteiger partial charge in [0.2, 0.25) is 0 Å². The fraction of sp³-hybridized carbons (Fsp3) is 0.625. The molecule has 2 aliphatic rings. The Morgan fingerprint density at radius 2 is 2.00 bits per heavy atom. The molecule has 14 heavy (non-hydrogen) atoms. The van der Waals surface area contributed by atoms with Crippen LogP contribution in [0.1, 0.15) is 6.42 Å². The molecule has 2 fully saturated rings. The van der Waals surface area contributed by atoms with Crippen molar-refractivity contribution in [2.24, 2.45) is 23.5 Å². The van der Waals surface area contributed by atoms with Crippen LogP contribution in [-0.2, 0) is 14.4 Å². The number of carbonyl (C=O) groups excluding carboxylic acids is 1. The maximum Gasteiger partial charge on any atom is 0.324 e. The van der Waals surface area contributed by atoms with Crippen LogP contribution in [0.2, 0.25) is 0 Å². The average molecular weight is 199 g/mol. The highest BCUT2D eigenvalue weighted by atomic mass is 16.4. The molecule has 0 amide bonds. The zero-order valence-corrected chi connectivity index (χ0v) is 7.14. The van der Waals surface area contributed by atoms with Gasteiger partial charge in [-0.1, -0.05) is 0 Å². The van der Waals surface area contributed by atoms with Gasteiger partial charge in [0.15, 0.2) is 0 Å². The third-order valence-electron chi connectivity index (χ3n) is 3.14. The molecule has 0 heterocycles. The van der Waals surface area contributed by atoms with E-state index < -0.39 is 35.2 Å². The smallest absolute Gasteiger partial charge is 0.324 e. The Balaban J connectivity index is 2.31. The van der Waals surface area contributed by atoms with Gasteiger partial charge in [0.25, 0.3) is 0 Å². The van der Waals surface area contributed by atoms with Crippen molar-refractivity contribution in [1.29, 1.82) is 0 Å². The van der Waals surface area contributed by atoms with Gasteiger partial charge in [0.1, 0.15) is 11.3 Å². The molecule has 0 aromatic rings. The van der Waals surface area contributed by atoms with Gasteiger partial charge in [-0.15, -0.1) is 0 Å². The first-order valence-electron chi connectivity index (χ1n) is 4.17. The molecule has 0 bridgehead atoms. The van der Waals surface area contributed by atoms with E-state index in [1.54, 1.807) is 0 Å². The molecule has 4 N–H and O–H groups in total. The van der Waals surface area contributed by atoms with E-state index in [0.717, 1.165) is 0 Å². The molecule has 0 aromatic carbocycles. The zero-order valence-electron chi connectivity index (χ0n) is 7.14. The summed E-state index contributed by atoms with van der Waals surface area (Å²) in [5.74, 6) is -5.05. The summed E-state index contributed by atoms with van der Waals surface area (Å²) >= 11 is 0. The minimum Gasteiger partial charge on any atom is -0.481 e. The molecule has 0 saturated heterocycles. The van der Waals surface area contributed by atoms with Crippen molar-refractivity contribution in [3.8, 4) is 0 Å². The first-order chi connectivity index (χ1) is 6.39. The summed E-state index contributed by atoms with van der Waals surface area (Å²) in [6.45, 7) is 0. The summed E-state index contributed by atoms with van der Waals surface area (Å²) in [6, 6.07) is 0. The molecular weight excluding hydrogens is 190 g/mol. The second-order valence-corrected chi connectivity index (χ2v) is 3.90. The lowest BCUT2D eigenvalue weighted by atomic mass is 9.91. The number of fused-ring (bicyclic) bond motifs is 1. The van der Waals surface area contributed by atoms with Gasteiger partial charge in [0.05, 0.1) is 5.92 Å². The highest BCUT2D eigenvalue weighted by Gasteiger charge is 2.74. The number of rotatable bonds is 2. The highest BCUT2D eigenvalue weighted by molar-refractivity contribution is 6.02. The van der Waals surface area contributed by atoms with Crippen molar-refractivity contribution in [1.82, 2.24) is 0 Å². The Morgan fingerprint density at radius 3 is 2.36 bits per heavy atom. The van der Waals surface area contributed by atoms with E-state index in [4.69, 9.17) is 15.9 Å². The number of aliphatic carboxylic acids is 2. The summed E-state index contributed by atoms with van der Waals surface area (Å²) in [4.78, 5) is 32.7. The average Bonchev–Trinajstić information content (AvgIpc) is 2.72. The van der Waals surface area contributed by atoms with E-state index in [1.807, 2.05) is 0 Å². The van der Waals surface area contributed by atoms with Crippen molar-refractivity contribution in [3.05, 3.63) is 0 Å². The summed E-state index contributed by atoms with van der Waals surface area (Å²) in [5, 5.41) is 17.5. The van der Waals surface area contributed by atoms with Gasteiger partial charge >= 0.3 is 11.9 Å². The molecule has 4 atom stereocenters. The molecule has 0 spiro atoms. The number of ketones is 1. The summed E-state index contributed by atoms with van der Waals surface area (Å²) in [6.07, 6.45) is -0.249. The second-order valence-electron chi connectivity index (χ2n) is 3.90. The van der Waals surface area contributed by atoms with Crippen LogP contribution >= 0.6 is 0 Å². The van der Waals surface area contributed by atoms with E-state index >= 15 is 0 Å². The first kappa shape index (κ1) is 9.14. The Morgan fingerprint density at radius 1 is 1.43 bits per heavy atom. The Labute approximate surface area is 78.7 Å². The van der Waals surface area contributed by atoms with Crippen molar-refractivity contribution in [2.45, 2.75) is 12.0 Å². The van der Waals surface area contributed by atoms with Crippen molar-refractivity contribution in [2.75, 3.05) is 0 Å². The summed E-state index contributed by atoms with van der Waals surface area (Å²) in [7, 11) is 0. The van der Waals surface area contributed by atoms with Crippen LogP contribution in [-0.4, -0.2) is 33.5 Å². The number of hydrogen-bond donors (Lipinski definition) is 3. The molecule has 0 aromatic heterocycles. The largest absolute Gasteiger partial charge is 0.481 e. The number of Topliss-reactive ketones (excluding diaryl/α,β-unsaturated/α-hetero) is 1. The van der Waals surface area contributed by atoms with Crippen LogP contribution in [0.15, 0.2) is 0 Å². The molecule has 6 nitrogen and oxygen atoms in total. The lowest BCUT2D eigenvalue weighted by Crippen LogP contribution is -2.50. The monoisotopic (exact) mass is 199 g/mol. The predicted octanol–water partition coefficient (Wildman–Crippen LogP) is -1.31. The van der Waals surface area contributed by atoms with Gasteiger partial charge in [-0.05, 0) is 0 Å².